The summed E-state index contributed by atoms with van der Waals surface area (Å²) in [4.78, 5) is 21.6. The zero-order valence-electron chi connectivity index (χ0n) is 7.84. The Morgan fingerprint density at radius 3 is 2.00 bits per heavy atom. The van der Waals surface area contributed by atoms with Crippen molar-refractivity contribution in [3.63, 3.8) is 0 Å². The molecule has 1 N–H and O–H groups in total. The minimum atomic E-state index is -0.154. The maximum atomic E-state index is 10.9. The Hall–Kier alpha value is -1.16. The molecule has 0 aromatic carbocycles. The molecule has 0 aliphatic rings. The molecular weight excluding hydrogens is 156 g/mol. The first-order chi connectivity index (χ1) is 5.43. The van der Waals surface area contributed by atoms with E-state index >= 15 is 0 Å². The Morgan fingerprint density at radius 2 is 1.75 bits per heavy atom. The Morgan fingerprint density at radius 1 is 1.25 bits per heavy atom. The van der Waals surface area contributed by atoms with Gasteiger partial charge in [-0.15, -0.1) is 0 Å². The van der Waals surface area contributed by atoms with Gasteiger partial charge in [-0.1, -0.05) is 0 Å². The van der Waals surface area contributed by atoms with Gasteiger partial charge in [-0.05, 0) is 6.92 Å². The predicted octanol–water partition coefficient (Wildman–Crippen LogP) is 0.114. The average Bonchev–Trinajstić information content (AvgIpc) is 1.83. The van der Waals surface area contributed by atoms with Crippen LogP contribution in [0.15, 0.2) is 11.8 Å². The first-order valence-corrected chi connectivity index (χ1v) is 3.60. The summed E-state index contributed by atoms with van der Waals surface area (Å²) < 4.78 is 0. The number of Topliss-reactive ketones (excluding diaryl/α,β-unsaturated/α-hetero) is 1. The van der Waals surface area contributed by atoms with Gasteiger partial charge in [0.1, 0.15) is 0 Å². The zero-order valence-corrected chi connectivity index (χ0v) is 7.84. The highest BCUT2D eigenvalue weighted by molar-refractivity contribution is 6.00. The lowest BCUT2D eigenvalue weighted by Gasteiger charge is -2.13. The number of allylic oxidation sites excluding steroid dienone is 2. The molecule has 0 aliphatic carbocycles. The van der Waals surface area contributed by atoms with E-state index in [9.17, 15) is 9.59 Å². The van der Waals surface area contributed by atoms with Crippen LogP contribution in [0.3, 0.4) is 0 Å². The number of hydrogen-bond donors (Lipinski definition) is 1. The molecule has 0 aromatic heterocycles. The molecule has 12 heavy (non-hydrogen) atoms. The summed E-state index contributed by atoms with van der Waals surface area (Å²) in [5.74, 6) is -0.298. The molecule has 0 rings (SSSR count). The van der Waals surface area contributed by atoms with E-state index in [2.05, 4.69) is 5.43 Å². The van der Waals surface area contributed by atoms with Crippen LogP contribution in [0.2, 0.25) is 0 Å². The van der Waals surface area contributed by atoms with Crippen LogP contribution in [0.1, 0.15) is 13.8 Å². The lowest BCUT2D eigenvalue weighted by atomic mass is 10.2. The summed E-state index contributed by atoms with van der Waals surface area (Å²) >= 11 is 0. The van der Waals surface area contributed by atoms with Gasteiger partial charge in [0.2, 0.25) is 0 Å². The van der Waals surface area contributed by atoms with Crippen molar-refractivity contribution in [1.82, 2.24) is 10.4 Å². The van der Waals surface area contributed by atoms with E-state index in [1.807, 2.05) is 0 Å². The van der Waals surface area contributed by atoms with Crippen molar-refractivity contribution in [3.05, 3.63) is 11.8 Å². The van der Waals surface area contributed by atoms with Gasteiger partial charge in [0.15, 0.2) is 11.6 Å². The summed E-state index contributed by atoms with van der Waals surface area (Å²) in [6.45, 7) is 2.81. The van der Waals surface area contributed by atoms with E-state index in [1.165, 1.54) is 19.9 Å². The van der Waals surface area contributed by atoms with E-state index in [1.54, 1.807) is 19.1 Å². The average molecular weight is 170 g/mol. The molecule has 0 aromatic rings. The van der Waals surface area contributed by atoms with E-state index < -0.39 is 0 Å². The molecule has 0 atom stereocenters. The van der Waals surface area contributed by atoms with Crippen molar-refractivity contribution in [2.45, 2.75) is 13.8 Å². The first kappa shape index (κ1) is 10.8. The maximum absolute atomic E-state index is 10.9. The van der Waals surface area contributed by atoms with E-state index in [-0.39, 0.29) is 11.6 Å². The van der Waals surface area contributed by atoms with Gasteiger partial charge >= 0.3 is 0 Å². The van der Waals surface area contributed by atoms with Crippen molar-refractivity contribution < 1.29 is 9.59 Å². The number of hydrogen-bond acceptors (Lipinski definition) is 4. The Kier molecular flexibility index (Phi) is 4.21. The van der Waals surface area contributed by atoms with Crippen LogP contribution in [0.4, 0.5) is 0 Å². The van der Waals surface area contributed by atoms with Crippen LogP contribution in [0, 0.1) is 0 Å². The van der Waals surface area contributed by atoms with Crippen molar-refractivity contribution in [3.8, 4) is 0 Å². The molecule has 0 aliphatic heterocycles. The molecule has 0 saturated heterocycles. The highest BCUT2D eigenvalue weighted by Gasteiger charge is 2.04. The van der Waals surface area contributed by atoms with E-state index in [4.69, 9.17) is 0 Å². The normalized spacial score (nSPS) is 11.6. The topological polar surface area (TPSA) is 49.4 Å². The van der Waals surface area contributed by atoms with Gasteiger partial charge in [-0.3, -0.25) is 9.59 Å². The number of rotatable bonds is 4. The largest absolute Gasteiger partial charge is 0.316 e. The van der Waals surface area contributed by atoms with Gasteiger partial charge in [-0.25, -0.2) is 5.01 Å². The van der Waals surface area contributed by atoms with E-state index in [0.717, 1.165) is 0 Å². The Labute approximate surface area is 72.2 Å². The molecule has 4 nitrogen and oxygen atoms in total. The molecule has 0 bridgehead atoms. The molecule has 68 valence electrons. The fourth-order valence-electron chi connectivity index (χ4n) is 0.657. The third-order valence-electron chi connectivity index (χ3n) is 1.07. The highest BCUT2D eigenvalue weighted by atomic mass is 16.1. The lowest BCUT2D eigenvalue weighted by Crippen LogP contribution is -2.32. The van der Waals surface area contributed by atoms with E-state index in [0.29, 0.717) is 5.70 Å². The molecule has 0 amide bonds. The minimum absolute atomic E-state index is 0.144. The third kappa shape index (κ3) is 4.62. The standard InChI is InChI=1S/C8H14N2O2/c1-6(11)5-8(7(2)12)9-10(3)4/h5,9H,1-4H3/b8-5+. The second-order valence-corrected chi connectivity index (χ2v) is 2.73. The molecule has 0 unspecified atom stereocenters. The van der Waals surface area contributed by atoms with Crippen LogP contribution in [-0.4, -0.2) is 30.7 Å². The van der Waals surface area contributed by atoms with Crippen LogP contribution < -0.4 is 5.43 Å². The number of ketones is 2. The number of hydrazine groups is 1. The quantitative estimate of drug-likeness (QED) is 0.480. The minimum Gasteiger partial charge on any atom is -0.316 e. The van der Waals surface area contributed by atoms with Crippen molar-refractivity contribution in [2.75, 3.05) is 14.1 Å². The van der Waals surface area contributed by atoms with Gasteiger partial charge in [0.25, 0.3) is 0 Å². The lowest BCUT2D eigenvalue weighted by molar-refractivity contribution is -0.116. The highest BCUT2D eigenvalue weighted by Crippen LogP contribution is 1.92. The van der Waals surface area contributed by atoms with Gasteiger partial charge in [0.05, 0.1) is 5.70 Å². The summed E-state index contributed by atoms with van der Waals surface area (Å²) in [7, 11) is 3.49. The molecule has 0 fully saturated rings. The molecule has 0 radical (unpaired) electrons. The number of carbonyl (C=O) groups is 2. The van der Waals surface area contributed by atoms with Gasteiger partial charge < -0.3 is 5.43 Å². The monoisotopic (exact) mass is 170 g/mol. The van der Waals surface area contributed by atoms with Crippen LogP contribution >= 0.6 is 0 Å². The molecule has 4 heteroatoms. The fraction of sp³-hybridized carbons (Fsp3) is 0.500. The molecular formula is C8H14N2O2. The number of nitrogens with one attached hydrogen (secondary N) is 1. The Balaban J connectivity index is 4.44. The van der Waals surface area contributed by atoms with Gasteiger partial charge in [-0.2, -0.15) is 0 Å². The molecule has 0 heterocycles. The van der Waals surface area contributed by atoms with Crippen molar-refractivity contribution in [2.24, 2.45) is 0 Å². The maximum Gasteiger partial charge on any atom is 0.177 e. The number of carbonyl (C=O) groups excluding carboxylic acids is 2. The Bertz CT molecular complexity index is 219. The third-order valence-corrected chi connectivity index (χ3v) is 1.07. The predicted molar refractivity (Wildman–Crippen MR) is 46.3 cm³/mol. The second kappa shape index (κ2) is 4.66. The van der Waals surface area contributed by atoms with Gasteiger partial charge in [0, 0.05) is 27.1 Å². The number of nitrogens with zero attached hydrogens (tertiary/aromatic N) is 1. The fourth-order valence-corrected chi connectivity index (χ4v) is 0.657. The molecule has 0 spiro atoms. The van der Waals surface area contributed by atoms with Crippen molar-refractivity contribution >= 4 is 11.6 Å². The smallest absolute Gasteiger partial charge is 0.177 e. The summed E-state index contributed by atoms with van der Waals surface area (Å²) in [5, 5.41) is 1.61. The van der Waals surface area contributed by atoms with Crippen LogP contribution in [-0.2, 0) is 9.59 Å². The summed E-state index contributed by atoms with van der Waals surface area (Å²) in [6.07, 6.45) is 1.28. The molecule has 0 saturated carbocycles. The van der Waals surface area contributed by atoms with Crippen LogP contribution in [0.5, 0.6) is 0 Å². The van der Waals surface area contributed by atoms with Crippen molar-refractivity contribution in [1.29, 1.82) is 0 Å². The SMILES string of the molecule is CC(=O)/C=C(/NN(C)C)C(C)=O. The summed E-state index contributed by atoms with van der Waals surface area (Å²) in [5.41, 5.74) is 3.05. The zero-order chi connectivity index (χ0) is 9.72. The summed E-state index contributed by atoms with van der Waals surface area (Å²) in [6, 6.07) is 0. The van der Waals surface area contributed by atoms with Crippen LogP contribution in [0.25, 0.3) is 0 Å². The second-order valence-electron chi connectivity index (χ2n) is 2.73. The first-order valence-electron chi connectivity index (χ1n) is 3.60.